The van der Waals surface area contributed by atoms with Crippen LogP contribution in [0, 0.1) is 13.8 Å². The molecule has 2 aromatic carbocycles. The molecule has 28 heavy (non-hydrogen) atoms. The van der Waals surface area contributed by atoms with Gasteiger partial charge in [0, 0.05) is 5.39 Å². The number of nitrogens with one attached hydrogen (secondary N) is 2. The van der Waals surface area contributed by atoms with E-state index in [1.807, 2.05) is 56.3 Å². The number of anilines is 1. The average molecular weight is 376 g/mol. The number of ether oxygens (including phenoxy) is 1. The summed E-state index contributed by atoms with van der Waals surface area (Å²) in [5.41, 5.74) is 4.23. The van der Waals surface area contributed by atoms with E-state index >= 15 is 0 Å². The molecule has 2 aromatic heterocycles. The number of nitrogens with zero attached hydrogens (tertiary/aromatic N) is 2. The van der Waals surface area contributed by atoms with Crippen molar-refractivity contribution >= 4 is 22.5 Å². The summed E-state index contributed by atoms with van der Waals surface area (Å²) in [6, 6.07) is 13.2. The molecular weight excluding hydrogens is 356 g/mol. The molecule has 2 heterocycles. The quantitative estimate of drug-likeness (QED) is 0.532. The average Bonchev–Trinajstić information content (AvgIpc) is 3.29. The van der Waals surface area contributed by atoms with Crippen LogP contribution in [-0.4, -0.2) is 21.3 Å². The molecule has 2 N–H and O–H groups in total. The normalized spacial score (nSPS) is 10.9. The smallest absolute Gasteiger partial charge is 0.228 e. The Morgan fingerprint density at radius 2 is 2.00 bits per heavy atom. The number of hydrogen-bond acceptors (Lipinski definition) is 5. The standard InChI is InChI=1S/C21H20N4O3/c1-13-18(14(2)28-25-13)12-27-17-8-6-15(7-9-17)10-20(26)23-19-5-3-4-16-11-22-24-21(16)19/h3-9,11H,10,12H2,1-2H3,(H,22,24)(H,23,26). The van der Waals surface area contributed by atoms with Crippen LogP contribution < -0.4 is 10.1 Å². The minimum Gasteiger partial charge on any atom is -0.489 e. The van der Waals surface area contributed by atoms with Crippen LogP contribution in [0.1, 0.15) is 22.6 Å². The zero-order chi connectivity index (χ0) is 19.5. The fourth-order valence-corrected chi connectivity index (χ4v) is 3.02. The summed E-state index contributed by atoms with van der Waals surface area (Å²) in [7, 11) is 0. The van der Waals surface area contributed by atoms with E-state index in [4.69, 9.17) is 9.26 Å². The van der Waals surface area contributed by atoms with E-state index in [1.54, 1.807) is 6.20 Å². The van der Waals surface area contributed by atoms with Gasteiger partial charge in [-0.2, -0.15) is 5.10 Å². The number of para-hydroxylation sites is 1. The molecule has 0 radical (unpaired) electrons. The maximum atomic E-state index is 12.4. The molecule has 4 rings (SSSR count). The highest BCUT2D eigenvalue weighted by atomic mass is 16.5. The highest BCUT2D eigenvalue weighted by Gasteiger charge is 2.10. The van der Waals surface area contributed by atoms with Gasteiger partial charge in [0.15, 0.2) is 0 Å². The maximum Gasteiger partial charge on any atom is 0.228 e. The Hall–Kier alpha value is -3.61. The highest BCUT2D eigenvalue weighted by Crippen LogP contribution is 2.21. The van der Waals surface area contributed by atoms with Crippen LogP contribution >= 0.6 is 0 Å². The number of carbonyl (C=O) groups excluding carboxylic acids is 1. The van der Waals surface area contributed by atoms with Crippen LogP contribution in [0.15, 0.2) is 53.2 Å². The van der Waals surface area contributed by atoms with Crippen molar-refractivity contribution in [1.82, 2.24) is 15.4 Å². The van der Waals surface area contributed by atoms with Crippen molar-refractivity contribution in [2.24, 2.45) is 0 Å². The van der Waals surface area contributed by atoms with Gasteiger partial charge in [-0.1, -0.05) is 29.4 Å². The van der Waals surface area contributed by atoms with Crippen molar-refractivity contribution in [2.45, 2.75) is 26.9 Å². The van der Waals surface area contributed by atoms with Crippen molar-refractivity contribution in [3.05, 3.63) is 71.2 Å². The molecule has 4 aromatic rings. The second-order valence-electron chi connectivity index (χ2n) is 6.60. The topological polar surface area (TPSA) is 93.0 Å². The van der Waals surface area contributed by atoms with Gasteiger partial charge in [-0.15, -0.1) is 0 Å². The summed E-state index contributed by atoms with van der Waals surface area (Å²) in [5, 5.41) is 14.7. The third-order valence-electron chi connectivity index (χ3n) is 4.60. The molecule has 1 amide bonds. The molecule has 7 heteroatoms. The van der Waals surface area contributed by atoms with Gasteiger partial charge in [0.05, 0.1) is 35.1 Å². The van der Waals surface area contributed by atoms with Gasteiger partial charge in [0.2, 0.25) is 5.91 Å². The van der Waals surface area contributed by atoms with Gasteiger partial charge >= 0.3 is 0 Å². The maximum absolute atomic E-state index is 12.4. The fraction of sp³-hybridized carbons (Fsp3) is 0.190. The van der Waals surface area contributed by atoms with Crippen LogP contribution in [0.3, 0.4) is 0 Å². The Bertz CT molecular complexity index is 1090. The predicted octanol–water partition coefficient (Wildman–Crippen LogP) is 3.93. The number of H-pyrrole nitrogens is 1. The van der Waals surface area contributed by atoms with Crippen LogP contribution in [0.2, 0.25) is 0 Å². The van der Waals surface area contributed by atoms with Crippen molar-refractivity contribution in [3.63, 3.8) is 0 Å². The van der Waals surface area contributed by atoms with E-state index in [-0.39, 0.29) is 12.3 Å². The molecule has 0 spiro atoms. The molecule has 7 nitrogen and oxygen atoms in total. The first-order valence-corrected chi connectivity index (χ1v) is 8.95. The summed E-state index contributed by atoms with van der Waals surface area (Å²) in [6.07, 6.45) is 2.00. The highest BCUT2D eigenvalue weighted by molar-refractivity contribution is 6.00. The first-order valence-electron chi connectivity index (χ1n) is 8.95. The molecule has 0 unspecified atom stereocenters. The first-order chi connectivity index (χ1) is 13.6. The molecule has 0 bridgehead atoms. The summed E-state index contributed by atoms with van der Waals surface area (Å²) >= 11 is 0. The molecule has 0 aliphatic heterocycles. The number of carbonyl (C=O) groups is 1. The van der Waals surface area contributed by atoms with Crippen molar-refractivity contribution < 1.29 is 14.1 Å². The molecular formula is C21H20N4O3. The zero-order valence-corrected chi connectivity index (χ0v) is 15.7. The van der Waals surface area contributed by atoms with Gasteiger partial charge in [0.1, 0.15) is 18.1 Å². The Kier molecular flexibility index (Phi) is 4.80. The monoisotopic (exact) mass is 376 g/mol. The van der Waals surface area contributed by atoms with Gasteiger partial charge in [-0.25, -0.2) is 0 Å². The van der Waals surface area contributed by atoms with E-state index in [0.29, 0.717) is 6.61 Å². The second-order valence-corrected chi connectivity index (χ2v) is 6.60. The van der Waals surface area contributed by atoms with E-state index in [2.05, 4.69) is 20.7 Å². The van der Waals surface area contributed by atoms with Gasteiger partial charge in [-0.05, 0) is 37.6 Å². The number of benzene rings is 2. The minimum absolute atomic E-state index is 0.0912. The Morgan fingerprint density at radius 1 is 1.18 bits per heavy atom. The third-order valence-corrected chi connectivity index (χ3v) is 4.60. The SMILES string of the molecule is Cc1noc(C)c1COc1ccc(CC(=O)Nc2cccc3cn[nH]c23)cc1. The van der Waals surface area contributed by atoms with Crippen molar-refractivity contribution in [3.8, 4) is 5.75 Å². The lowest BCUT2D eigenvalue weighted by atomic mass is 10.1. The number of aromatic amines is 1. The lowest BCUT2D eigenvalue weighted by molar-refractivity contribution is -0.115. The second kappa shape index (κ2) is 7.56. The van der Waals surface area contributed by atoms with Gasteiger partial charge in [-0.3, -0.25) is 9.89 Å². The van der Waals surface area contributed by atoms with E-state index < -0.39 is 0 Å². The number of aromatic nitrogens is 3. The molecule has 0 saturated heterocycles. The lowest BCUT2D eigenvalue weighted by Gasteiger charge is -2.08. The molecule has 0 aliphatic carbocycles. The van der Waals surface area contributed by atoms with E-state index in [1.165, 1.54) is 0 Å². The van der Waals surface area contributed by atoms with E-state index in [0.717, 1.165) is 44.9 Å². The van der Waals surface area contributed by atoms with Gasteiger partial charge < -0.3 is 14.6 Å². The summed E-state index contributed by atoms with van der Waals surface area (Å²) in [6.45, 7) is 4.15. The predicted molar refractivity (Wildman–Crippen MR) is 105 cm³/mol. The molecule has 0 fully saturated rings. The Labute approximate surface area is 161 Å². The van der Waals surface area contributed by atoms with Crippen LogP contribution in [0.4, 0.5) is 5.69 Å². The van der Waals surface area contributed by atoms with Crippen molar-refractivity contribution in [1.29, 1.82) is 0 Å². The molecule has 142 valence electrons. The molecule has 0 saturated carbocycles. The van der Waals surface area contributed by atoms with Crippen LogP contribution in [-0.2, 0) is 17.8 Å². The van der Waals surface area contributed by atoms with Crippen LogP contribution in [0.5, 0.6) is 5.75 Å². The number of fused-ring (bicyclic) bond motifs is 1. The van der Waals surface area contributed by atoms with E-state index in [9.17, 15) is 4.79 Å². The van der Waals surface area contributed by atoms with Crippen molar-refractivity contribution in [2.75, 3.05) is 5.32 Å². The van der Waals surface area contributed by atoms with Gasteiger partial charge in [0.25, 0.3) is 0 Å². The minimum atomic E-state index is -0.0912. The number of rotatable bonds is 6. The summed E-state index contributed by atoms with van der Waals surface area (Å²) < 4.78 is 10.9. The number of aryl methyl sites for hydroxylation is 2. The number of amides is 1. The Balaban J connectivity index is 1.36. The Morgan fingerprint density at radius 3 is 2.75 bits per heavy atom. The third kappa shape index (κ3) is 3.73. The zero-order valence-electron chi connectivity index (χ0n) is 15.7. The molecule has 0 aliphatic rings. The lowest BCUT2D eigenvalue weighted by Crippen LogP contribution is -2.14. The summed E-state index contributed by atoms with van der Waals surface area (Å²) in [5.74, 6) is 1.40. The summed E-state index contributed by atoms with van der Waals surface area (Å²) in [4.78, 5) is 12.4. The first kappa shape index (κ1) is 17.8. The number of hydrogen-bond donors (Lipinski definition) is 2. The largest absolute Gasteiger partial charge is 0.489 e. The fourth-order valence-electron chi connectivity index (χ4n) is 3.02. The van der Waals surface area contributed by atoms with Crippen LogP contribution in [0.25, 0.3) is 10.9 Å². The molecule has 0 atom stereocenters.